The van der Waals surface area contributed by atoms with E-state index in [1.807, 2.05) is 5.32 Å². The monoisotopic (exact) mass is 355 g/mol. The van der Waals surface area contributed by atoms with Gasteiger partial charge < -0.3 is 15.4 Å². The molecule has 0 saturated carbocycles. The van der Waals surface area contributed by atoms with Crippen molar-refractivity contribution in [3.63, 3.8) is 0 Å². The van der Waals surface area contributed by atoms with Crippen molar-refractivity contribution in [1.82, 2.24) is 16.0 Å². The van der Waals surface area contributed by atoms with Crippen molar-refractivity contribution in [2.75, 3.05) is 7.05 Å². The number of nitrogens with one attached hydrogen (secondary N) is 3. The second kappa shape index (κ2) is 8.88. The number of hydrogen-bond acceptors (Lipinski definition) is 5. The first kappa shape index (κ1) is 19.4. The molecular formula is C15H18ClN3O5. The highest BCUT2D eigenvalue weighted by molar-refractivity contribution is 6.30. The minimum Gasteiger partial charge on any atom is -0.451 e. The van der Waals surface area contributed by atoms with Crippen molar-refractivity contribution in [2.24, 2.45) is 0 Å². The summed E-state index contributed by atoms with van der Waals surface area (Å²) in [7, 11) is 1.34. The molecule has 24 heavy (non-hydrogen) atoms. The fourth-order valence-electron chi connectivity index (χ4n) is 1.55. The number of esters is 1. The first-order valence-electron chi connectivity index (χ1n) is 7.04. The van der Waals surface area contributed by atoms with Gasteiger partial charge in [0.15, 0.2) is 6.10 Å². The zero-order valence-electron chi connectivity index (χ0n) is 13.4. The van der Waals surface area contributed by atoms with E-state index < -0.39 is 36.0 Å². The minimum atomic E-state index is -1.19. The van der Waals surface area contributed by atoms with Crippen molar-refractivity contribution in [3.8, 4) is 0 Å². The molecule has 0 spiro atoms. The molecule has 0 aliphatic carbocycles. The number of imide groups is 1. The van der Waals surface area contributed by atoms with Gasteiger partial charge >= 0.3 is 12.0 Å². The Bertz CT molecular complexity index is 633. The number of carbonyl (C=O) groups is 4. The van der Waals surface area contributed by atoms with Gasteiger partial charge in [-0.15, -0.1) is 0 Å². The predicted molar refractivity (Wildman–Crippen MR) is 86.5 cm³/mol. The molecular weight excluding hydrogens is 338 g/mol. The molecule has 0 unspecified atom stereocenters. The van der Waals surface area contributed by atoms with Crippen LogP contribution in [0.2, 0.25) is 5.02 Å². The third kappa shape index (κ3) is 5.88. The fraction of sp³-hybridized carbons (Fsp3) is 0.333. The first-order valence-corrected chi connectivity index (χ1v) is 7.42. The van der Waals surface area contributed by atoms with Crippen LogP contribution in [0.5, 0.6) is 0 Å². The average Bonchev–Trinajstić information content (AvgIpc) is 2.54. The van der Waals surface area contributed by atoms with Crippen LogP contribution >= 0.6 is 11.6 Å². The van der Waals surface area contributed by atoms with Gasteiger partial charge in [0.1, 0.15) is 6.04 Å². The Morgan fingerprint density at radius 3 is 2.21 bits per heavy atom. The van der Waals surface area contributed by atoms with Crippen LogP contribution in [-0.2, 0) is 14.3 Å². The number of benzene rings is 1. The summed E-state index contributed by atoms with van der Waals surface area (Å²) in [5, 5.41) is 7.10. The van der Waals surface area contributed by atoms with Crippen LogP contribution in [-0.4, -0.2) is 43.0 Å². The van der Waals surface area contributed by atoms with E-state index in [4.69, 9.17) is 16.3 Å². The fourth-order valence-corrected chi connectivity index (χ4v) is 1.67. The van der Waals surface area contributed by atoms with Gasteiger partial charge in [0.2, 0.25) is 0 Å². The molecule has 0 aliphatic heterocycles. The van der Waals surface area contributed by atoms with Gasteiger partial charge in [-0.25, -0.2) is 9.59 Å². The summed E-state index contributed by atoms with van der Waals surface area (Å²) in [6.45, 7) is 2.73. The van der Waals surface area contributed by atoms with E-state index in [1.54, 1.807) is 12.1 Å². The number of halogens is 1. The van der Waals surface area contributed by atoms with Gasteiger partial charge in [0.05, 0.1) is 0 Å². The van der Waals surface area contributed by atoms with Crippen LogP contribution in [0.1, 0.15) is 24.2 Å². The van der Waals surface area contributed by atoms with E-state index >= 15 is 0 Å². The van der Waals surface area contributed by atoms with E-state index in [0.29, 0.717) is 10.6 Å². The van der Waals surface area contributed by atoms with Crippen LogP contribution in [0.3, 0.4) is 0 Å². The molecule has 8 nitrogen and oxygen atoms in total. The maximum Gasteiger partial charge on any atom is 0.329 e. The van der Waals surface area contributed by atoms with Crippen LogP contribution < -0.4 is 16.0 Å². The summed E-state index contributed by atoms with van der Waals surface area (Å²) in [4.78, 5) is 46.5. The molecule has 130 valence electrons. The molecule has 3 N–H and O–H groups in total. The minimum absolute atomic E-state index is 0.324. The number of rotatable bonds is 5. The molecule has 1 aromatic rings. The zero-order chi connectivity index (χ0) is 18.3. The molecule has 0 radical (unpaired) electrons. The maximum atomic E-state index is 12.0. The lowest BCUT2D eigenvalue weighted by molar-refractivity contribution is -0.155. The van der Waals surface area contributed by atoms with Crippen molar-refractivity contribution in [1.29, 1.82) is 0 Å². The SMILES string of the molecule is CNC(=O)NC(=O)[C@H](C)OC(=O)[C@H](C)NC(=O)c1ccc(Cl)cc1. The van der Waals surface area contributed by atoms with Gasteiger partial charge in [-0.3, -0.25) is 14.9 Å². The normalized spacial score (nSPS) is 12.5. The zero-order valence-corrected chi connectivity index (χ0v) is 14.1. The molecule has 0 aliphatic rings. The highest BCUT2D eigenvalue weighted by Crippen LogP contribution is 2.09. The van der Waals surface area contributed by atoms with Gasteiger partial charge in [-0.2, -0.15) is 0 Å². The van der Waals surface area contributed by atoms with Gasteiger partial charge in [0, 0.05) is 17.6 Å². The largest absolute Gasteiger partial charge is 0.451 e. The van der Waals surface area contributed by atoms with E-state index in [0.717, 1.165) is 0 Å². The first-order chi connectivity index (χ1) is 11.2. The lowest BCUT2D eigenvalue weighted by Gasteiger charge is -2.17. The Kier molecular flexibility index (Phi) is 7.19. The lowest BCUT2D eigenvalue weighted by atomic mass is 10.2. The summed E-state index contributed by atoms with van der Waals surface area (Å²) in [6.07, 6.45) is -1.19. The van der Waals surface area contributed by atoms with E-state index in [1.165, 1.54) is 33.0 Å². The topological polar surface area (TPSA) is 114 Å². The van der Waals surface area contributed by atoms with Crippen molar-refractivity contribution < 1.29 is 23.9 Å². The summed E-state index contributed by atoms with van der Waals surface area (Å²) in [5.41, 5.74) is 0.324. The van der Waals surface area contributed by atoms with E-state index in [9.17, 15) is 19.2 Å². The molecule has 0 saturated heterocycles. The van der Waals surface area contributed by atoms with Crippen molar-refractivity contribution in [2.45, 2.75) is 26.0 Å². The van der Waals surface area contributed by atoms with Gasteiger partial charge in [-0.05, 0) is 38.1 Å². The average molecular weight is 356 g/mol. The maximum absolute atomic E-state index is 12.0. The van der Waals surface area contributed by atoms with Crippen LogP contribution in [0.4, 0.5) is 4.79 Å². The molecule has 4 amide bonds. The Morgan fingerprint density at radius 2 is 1.67 bits per heavy atom. The molecule has 0 aromatic heterocycles. The lowest BCUT2D eigenvalue weighted by Crippen LogP contribution is -2.46. The Morgan fingerprint density at radius 1 is 1.08 bits per heavy atom. The molecule has 1 rings (SSSR count). The second-order valence-corrected chi connectivity index (χ2v) is 5.29. The van der Waals surface area contributed by atoms with Crippen LogP contribution in [0, 0.1) is 0 Å². The highest BCUT2D eigenvalue weighted by Gasteiger charge is 2.24. The summed E-state index contributed by atoms with van der Waals surface area (Å²) >= 11 is 5.73. The number of amides is 4. The molecule has 0 bridgehead atoms. The number of carbonyl (C=O) groups excluding carboxylic acids is 4. The summed E-state index contributed by atoms with van der Waals surface area (Å²) in [6, 6.07) is 4.41. The predicted octanol–water partition coefficient (Wildman–Crippen LogP) is 0.846. The van der Waals surface area contributed by atoms with Crippen molar-refractivity contribution in [3.05, 3.63) is 34.9 Å². The van der Waals surface area contributed by atoms with Gasteiger partial charge in [0.25, 0.3) is 11.8 Å². The van der Waals surface area contributed by atoms with Gasteiger partial charge in [-0.1, -0.05) is 11.6 Å². The van der Waals surface area contributed by atoms with Crippen LogP contribution in [0.15, 0.2) is 24.3 Å². The Labute approximate surface area is 143 Å². The molecule has 0 heterocycles. The number of hydrogen-bond donors (Lipinski definition) is 3. The summed E-state index contributed by atoms with van der Waals surface area (Å²) in [5.74, 6) is -2.07. The summed E-state index contributed by atoms with van der Waals surface area (Å²) < 4.78 is 4.91. The second-order valence-electron chi connectivity index (χ2n) is 4.85. The smallest absolute Gasteiger partial charge is 0.329 e. The molecule has 1 aromatic carbocycles. The Hall–Kier alpha value is -2.61. The quantitative estimate of drug-likeness (QED) is 0.677. The number of ether oxygens (including phenoxy) is 1. The third-order valence-electron chi connectivity index (χ3n) is 2.93. The molecule has 0 fully saturated rings. The number of urea groups is 1. The van der Waals surface area contributed by atoms with Crippen LogP contribution in [0.25, 0.3) is 0 Å². The molecule has 9 heteroatoms. The standard InChI is InChI=1S/C15H18ClN3O5/c1-8(18-13(21)10-4-6-11(16)7-5-10)14(22)24-9(2)12(20)19-15(23)17-3/h4-9H,1-3H3,(H,18,21)(H2,17,19,20,23)/t8-,9-/m0/s1. The molecule has 2 atom stereocenters. The Balaban J connectivity index is 2.55. The van der Waals surface area contributed by atoms with E-state index in [2.05, 4.69) is 10.6 Å². The highest BCUT2D eigenvalue weighted by atomic mass is 35.5. The van der Waals surface area contributed by atoms with E-state index in [-0.39, 0.29) is 0 Å². The third-order valence-corrected chi connectivity index (χ3v) is 3.19. The van der Waals surface area contributed by atoms with Crippen molar-refractivity contribution >= 4 is 35.4 Å².